The van der Waals surface area contributed by atoms with Gasteiger partial charge in [-0.1, -0.05) is 5.10 Å². The number of thiophene rings is 1. The number of H-pyrrole nitrogens is 1. The molecule has 6 nitrogen and oxygen atoms in total. The zero-order valence-corrected chi connectivity index (χ0v) is 10.0. The molecule has 0 fully saturated rings. The summed E-state index contributed by atoms with van der Waals surface area (Å²) in [6.45, 7) is 1.98. The number of nitrogens with zero attached hydrogens (tertiary/aromatic N) is 2. The molecule has 0 aliphatic carbocycles. The molecule has 2 rings (SSSR count). The van der Waals surface area contributed by atoms with Crippen molar-refractivity contribution in [1.82, 2.24) is 10.2 Å². The predicted molar refractivity (Wildman–Crippen MR) is 66.3 cm³/mol. The summed E-state index contributed by atoms with van der Waals surface area (Å²) in [7, 11) is 0. The van der Waals surface area contributed by atoms with E-state index in [4.69, 9.17) is 0 Å². The number of nitro groups is 1. The molecule has 0 aliphatic heterocycles. The van der Waals surface area contributed by atoms with Crippen LogP contribution in [0.2, 0.25) is 0 Å². The van der Waals surface area contributed by atoms with Crippen LogP contribution in [0.4, 0.5) is 11.5 Å². The number of hydrogen-bond donors (Lipinski definition) is 2. The summed E-state index contributed by atoms with van der Waals surface area (Å²) >= 11 is 1.64. The van der Waals surface area contributed by atoms with Gasteiger partial charge in [0, 0.05) is 6.04 Å². The van der Waals surface area contributed by atoms with Gasteiger partial charge in [-0.25, -0.2) is 0 Å². The lowest BCUT2D eigenvalue weighted by Crippen LogP contribution is -2.18. The smallest absolute Gasteiger partial charge is 0.366 e. The van der Waals surface area contributed by atoms with Gasteiger partial charge in [0.1, 0.15) is 6.20 Å². The van der Waals surface area contributed by atoms with Crippen LogP contribution in [0.15, 0.2) is 23.0 Å². The summed E-state index contributed by atoms with van der Waals surface area (Å²) in [6, 6.07) is 2.16. The van der Waals surface area contributed by atoms with E-state index in [1.54, 1.807) is 11.3 Å². The number of nitrogens with one attached hydrogen (secondary N) is 2. The number of rotatable bonds is 5. The molecule has 0 saturated heterocycles. The Morgan fingerprint density at radius 3 is 3.18 bits per heavy atom. The molecule has 2 aromatic rings. The molecule has 0 amide bonds. The summed E-state index contributed by atoms with van der Waals surface area (Å²) in [4.78, 5) is 10.2. The van der Waals surface area contributed by atoms with Crippen LogP contribution in [0, 0.1) is 10.1 Å². The van der Waals surface area contributed by atoms with Crippen molar-refractivity contribution in [3.63, 3.8) is 0 Å². The molecule has 0 radical (unpaired) electrons. The number of hydrogen-bond acceptors (Lipinski definition) is 5. The summed E-state index contributed by atoms with van der Waals surface area (Å²) in [5, 5.41) is 23.9. The van der Waals surface area contributed by atoms with Crippen LogP contribution in [0.5, 0.6) is 0 Å². The van der Waals surface area contributed by atoms with Crippen molar-refractivity contribution < 1.29 is 4.92 Å². The van der Waals surface area contributed by atoms with Crippen molar-refractivity contribution in [2.75, 3.05) is 5.32 Å². The predicted octanol–water partition coefficient (Wildman–Crippen LogP) is 2.42. The molecule has 0 saturated carbocycles. The molecule has 0 aliphatic rings. The van der Waals surface area contributed by atoms with E-state index in [1.807, 2.05) is 18.4 Å². The van der Waals surface area contributed by atoms with Crippen molar-refractivity contribution in [2.45, 2.75) is 19.4 Å². The fraction of sp³-hybridized carbons (Fsp3) is 0.300. The molecular formula is C10H12N4O2S. The van der Waals surface area contributed by atoms with Crippen LogP contribution >= 0.6 is 11.3 Å². The van der Waals surface area contributed by atoms with Gasteiger partial charge in [0.15, 0.2) is 5.69 Å². The Morgan fingerprint density at radius 2 is 2.53 bits per heavy atom. The van der Waals surface area contributed by atoms with Crippen molar-refractivity contribution in [1.29, 1.82) is 0 Å². The minimum atomic E-state index is -0.480. The second kappa shape index (κ2) is 4.96. The first-order valence-corrected chi connectivity index (χ1v) is 6.06. The van der Waals surface area contributed by atoms with Gasteiger partial charge < -0.3 is 15.4 Å². The summed E-state index contributed by atoms with van der Waals surface area (Å²) in [5.74, 6) is -0.0952. The van der Waals surface area contributed by atoms with Crippen molar-refractivity contribution in [3.05, 3.63) is 38.7 Å². The molecule has 2 N–H and O–H groups in total. The van der Waals surface area contributed by atoms with Gasteiger partial charge in [0.2, 0.25) is 0 Å². The maximum absolute atomic E-state index is 10.7. The summed E-state index contributed by atoms with van der Waals surface area (Å²) < 4.78 is 0. The van der Waals surface area contributed by atoms with Gasteiger partial charge in [0.25, 0.3) is 0 Å². The van der Waals surface area contributed by atoms with Crippen molar-refractivity contribution in [2.24, 2.45) is 0 Å². The summed E-state index contributed by atoms with van der Waals surface area (Å²) in [5.41, 5.74) is 1.65. The van der Waals surface area contributed by atoms with E-state index in [2.05, 4.69) is 20.9 Å². The highest BCUT2D eigenvalue weighted by Crippen LogP contribution is 2.21. The lowest BCUT2D eigenvalue weighted by Gasteiger charge is -2.12. The monoisotopic (exact) mass is 252 g/mol. The van der Waals surface area contributed by atoms with Crippen LogP contribution in [0.25, 0.3) is 0 Å². The van der Waals surface area contributed by atoms with E-state index in [-0.39, 0.29) is 11.9 Å². The SMILES string of the molecule is CC(Cc1ccsc1)Nc1cn[nH]c1[N+](=O)[O-]. The van der Waals surface area contributed by atoms with Gasteiger partial charge in [-0.2, -0.15) is 11.3 Å². The van der Waals surface area contributed by atoms with Crippen LogP contribution < -0.4 is 5.32 Å². The highest BCUT2D eigenvalue weighted by molar-refractivity contribution is 7.07. The lowest BCUT2D eigenvalue weighted by atomic mass is 10.1. The third-order valence-electron chi connectivity index (χ3n) is 2.33. The third kappa shape index (κ3) is 2.82. The van der Waals surface area contributed by atoms with E-state index in [0.717, 1.165) is 6.42 Å². The van der Waals surface area contributed by atoms with Crippen LogP contribution in [-0.4, -0.2) is 21.2 Å². The highest BCUT2D eigenvalue weighted by atomic mass is 32.1. The zero-order chi connectivity index (χ0) is 12.3. The normalized spacial score (nSPS) is 12.3. The third-order valence-corrected chi connectivity index (χ3v) is 3.06. The van der Waals surface area contributed by atoms with Crippen LogP contribution in [0.1, 0.15) is 12.5 Å². The fourth-order valence-corrected chi connectivity index (χ4v) is 2.28. The molecule has 2 heterocycles. The topological polar surface area (TPSA) is 83.8 Å². The van der Waals surface area contributed by atoms with Gasteiger partial charge in [-0.15, -0.1) is 5.10 Å². The standard InChI is InChI=1S/C10H12N4O2S/c1-7(4-8-2-3-17-6-8)12-9-5-11-13-10(9)14(15)16/h2-3,5-7,12H,4H2,1H3,(H,11,13). The molecule has 1 unspecified atom stereocenters. The minimum Gasteiger partial charge on any atom is -0.374 e. The Balaban J connectivity index is 2.00. The molecule has 7 heteroatoms. The first-order valence-electron chi connectivity index (χ1n) is 5.12. The van der Waals surface area contributed by atoms with E-state index in [1.165, 1.54) is 11.8 Å². The van der Waals surface area contributed by atoms with Crippen molar-refractivity contribution >= 4 is 22.8 Å². The van der Waals surface area contributed by atoms with E-state index in [9.17, 15) is 10.1 Å². The van der Waals surface area contributed by atoms with Crippen molar-refractivity contribution in [3.8, 4) is 0 Å². The number of aromatic nitrogens is 2. The zero-order valence-electron chi connectivity index (χ0n) is 9.21. The maximum atomic E-state index is 10.7. The number of aromatic amines is 1. The van der Waals surface area contributed by atoms with Gasteiger partial charge >= 0.3 is 5.82 Å². The van der Waals surface area contributed by atoms with Gasteiger partial charge in [0.05, 0.1) is 0 Å². The Labute approximate surface area is 102 Å². The largest absolute Gasteiger partial charge is 0.374 e. The van der Waals surface area contributed by atoms with Gasteiger partial charge in [-0.05, 0) is 40.7 Å². The second-order valence-corrected chi connectivity index (χ2v) is 4.55. The molecule has 0 bridgehead atoms. The average molecular weight is 252 g/mol. The average Bonchev–Trinajstić information content (AvgIpc) is 2.88. The van der Waals surface area contributed by atoms with E-state index >= 15 is 0 Å². The Morgan fingerprint density at radius 1 is 1.71 bits per heavy atom. The minimum absolute atomic E-state index is 0.0952. The molecule has 17 heavy (non-hydrogen) atoms. The maximum Gasteiger partial charge on any atom is 0.366 e. The first-order chi connectivity index (χ1) is 8.16. The molecule has 0 aromatic carbocycles. The van der Waals surface area contributed by atoms with Gasteiger partial charge in [-0.3, -0.25) is 0 Å². The van der Waals surface area contributed by atoms with Crippen LogP contribution in [-0.2, 0) is 6.42 Å². The quantitative estimate of drug-likeness (QED) is 0.632. The molecule has 90 valence electrons. The lowest BCUT2D eigenvalue weighted by molar-refractivity contribution is -0.388. The highest BCUT2D eigenvalue weighted by Gasteiger charge is 2.16. The first kappa shape index (κ1) is 11.6. The Bertz CT molecular complexity index is 494. The Kier molecular flexibility index (Phi) is 3.38. The Hall–Kier alpha value is -1.89. The molecule has 1 atom stereocenters. The molecular weight excluding hydrogens is 240 g/mol. The summed E-state index contributed by atoms with van der Waals surface area (Å²) in [6.07, 6.45) is 2.26. The van der Waals surface area contributed by atoms with Crippen LogP contribution in [0.3, 0.4) is 0 Å². The molecule has 2 aromatic heterocycles. The number of anilines is 1. The second-order valence-electron chi connectivity index (χ2n) is 3.77. The van der Waals surface area contributed by atoms with E-state index in [0.29, 0.717) is 5.69 Å². The fourth-order valence-electron chi connectivity index (χ4n) is 1.60. The van der Waals surface area contributed by atoms with E-state index < -0.39 is 4.92 Å². The molecule has 0 spiro atoms.